The number of pyridine rings is 2. The van der Waals surface area contributed by atoms with E-state index in [2.05, 4.69) is 27.6 Å². The van der Waals surface area contributed by atoms with Gasteiger partial charge in [0, 0.05) is 37.7 Å². The number of anilines is 1. The molecule has 0 aliphatic carbocycles. The van der Waals surface area contributed by atoms with Crippen LogP contribution >= 0.6 is 0 Å². The third kappa shape index (κ3) is 5.35. The zero-order valence-electron chi connectivity index (χ0n) is 23.2. The van der Waals surface area contributed by atoms with E-state index in [1.165, 1.54) is 42.3 Å². The second-order valence-electron chi connectivity index (χ2n) is 9.94. The Hall–Kier alpha value is -5.03. The zero-order chi connectivity index (χ0) is 31.1. The highest BCUT2D eigenvalue weighted by Crippen LogP contribution is 2.33. The number of carbonyl (C=O) groups excluding carboxylic acids is 1. The first-order valence-electron chi connectivity index (χ1n) is 13.1. The summed E-state index contributed by atoms with van der Waals surface area (Å²) in [6.07, 6.45) is 3.37. The summed E-state index contributed by atoms with van der Waals surface area (Å²) in [4.78, 5) is 41.9. The number of rotatable bonds is 6. The largest absolute Gasteiger partial charge is 0.355 e. The van der Waals surface area contributed by atoms with Gasteiger partial charge in [0.15, 0.2) is 15.5 Å². The molecule has 0 spiro atoms. The molecule has 0 radical (unpaired) electrons. The molecule has 5 rings (SSSR count). The molecule has 1 aliphatic rings. The van der Waals surface area contributed by atoms with Gasteiger partial charge in [-0.05, 0) is 37.3 Å². The Labute approximate surface area is 245 Å². The number of hydrogen-bond acceptors (Lipinski definition) is 9. The fourth-order valence-electron chi connectivity index (χ4n) is 5.23. The number of nitrogens with zero attached hydrogens (tertiary/aromatic N) is 7. The van der Waals surface area contributed by atoms with E-state index < -0.39 is 38.9 Å². The first-order valence-corrected chi connectivity index (χ1v) is 14.9. The van der Waals surface area contributed by atoms with Crippen LogP contribution in [0.2, 0.25) is 0 Å². The van der Waals surface area contributed by atoms with Crippen molar-refractivity contribution in [2.24, 2.45) is 0 Å². The van der Waals surface area contributed by atoms with Crippen molar-refractivity contribution in [2.45, 2.75) is 24.3 Å². The molecule has 1 aromatic carbocycles. The highest BCUT2D eigenvalue weighted by molar-refractivity contribution is 7.90. The van der Waals surface area contributed by atoms with Gasteiger partial charge in [0.05, 0.1) is 40.2 Å². The molecule has 1 aliphatic heterocycles. The highest BCUT2D eigenvalue weighted by atomic mass is 32.2. The van der Waals surface area contributed by atoms with Gasteiger partial charge in [0.25, 0.3) is 0 Å². The third-order valence-electron chi connectivity index (χ3n) is 7.19. The zero-order valence-corrected chi connectivity index (χ0v) is 24.0. The molecule has 220 valence electrons. The maximum absolute atomic E-state index is 15.7. The van der Waals surface area contributed by atoms with E-state index in [1.807, 2.05) is 0 Å². The smallest absolute Gasteiger partial charge is 0.352 e. The predicted octanol–water partition coefficient (Wildman–Crippen LogP) is 2.95. The summed E-state index contributed by atoms with van der Waals surface area (Å²) in [5.41, 5.74) is -1.66. The van der Waals surface area contributed by atoms with Crippen LogP contribution < -0.4 is 10.6 Å². The van der Waals surface area contributed by atoms with Gasteiger partial charge in [-0.2, -0.15) is 10.2 Å². The van der Waals surface area contributed by atoms with Crippen molar-refractivity contribution in [1.29, 1.82) is 5.26 Å². The van der Waals surface area contributed by atoms with E-state index in [-0.39, 0.29) is 70.7 Å². The van der Waals surface area contributed by atoms with Crippen LogP contribution in [0.5, 0.6) is 0 Å². The van der Waals surface area contributed by atoms with Crippen molar-refractivity contribution < 1.29 is 22.0 Å². The Morgan fingerprint density at radius 1 is 1.19 bits per heavy atom. The highest BCUT2D eigenvalue weighted by Gasteiger charge is 2.32. The van der Waals surface area contributed by atoms with Gasteiger partial charge in [-0.15, -0.1) is 0 Å². The van der Waals surface area contributed by atoms with Crippen LogP contribution in [-0.4, -0.2) is 70.7 Å². The molecule has 11 nitrogen and oxygen atoms in total. The SMILES string of the molecule is C=CC(=O)N1CCN(c2nc(=O)n(-c3c(S(C)(=O)=O)ccnc3C)c3nc(-c4ccccc4F)c(F)cc23)CC1CC#N. The number of piperazine rings is 1. The monoisotopic (exact) mass is 605 g/mol. The van der Waals surface area contributed by atoms with Crippen molar-refractivity contribution >= 4 is 32.6 Å². The molecule has 4 heterocycles. The number of carbonyl (C=O) groups is 1. The lowest BCUT2D eigenvalue weighted by Crippen LogP contribution is -2.55. The molecule has 1 unspecified atom stereocenters. The molecule has 3 aromatic heterocycles. The van der Waals surface area contributed by atoms with Crippen LogP contribution in [0.15, 0.2) is 64.9 Å². The summed E-state index contributed by atoms with van der Waals surface area (Å²) in [5.74, 6) is -2.02. The van der Waals surface area contributed by atoms with Gasteiger partial charge >= 0.3 is 5.69 Å². The summed E-state index contributed by atoms with van der Waals surface area (Å²) in [6.45, 7) is 5.42. The fourth-order valence-corrected chi connectivity index (χ4v) is 6.13. The number of nitriles is 1. The van der Waals surface area contributed by atoms with E-state index in [4.69, 9.17) is 0 Å². The molecule has 4 aromatic rings. The number of sulfone groups is 1. The number of hydrogen-bond donors (Lipinski definition) is 0. The maximum Gasteiger partial charge on any atom is 0.355 e. The van der Waals surface area contributed by atoms with Gasteiger partial charge in [0.1, 0.15) is 23.1 Å². The van der Waals surface area contributed by atoms with Gasteiger partial charge in [-0.25, -0.2) is 31.5 Å². The number of aromatic nitrogens is 4. The second kappa shape index (κ2) is 11.3. The minimum Gasteiger partial charge on any atom is -0.352 e. The summed E-state index contributed by atoms with van der Waals surface area (Å²) in [5, 5.41) is 9.42. The Kier molecular flexibility index (Phi) is 7.76. The lowest BCUT2D eigenvalue weighted by molar-refractivity contribution is -0.128. The maximum atomic E-state index is 15.7. The van der Waals surface area contributed by atoms with Gasteiger partial charge < -0.3 is 9.80 Å². The third-order valence-corrected chi connectivity index (χ3v) is 8.32. The van der Waals surface area contributed by atoms with Crippen molar-refractivity contribution in [1.82, 2.24) is 24.4 Å². The summed E-state index contributed by atoms with van der Waals surface area (Å²) < 4.78 is 57.0. The summed E-state index contributed by atoms with van der Waals surface area (Å²) >= 11 is 0. The molecule has 1 atom stereocenters. The minimum atomic E-state index is -3.90. The lowest BCUT2D eigenvalue weighted by Gasteiger charge is -2.41. The molecule has 14 heteroatoms. The first kappa shape index (κ1) is 29.5. The molecular weight excluding hydrogens is 580 g/mol. The minimum absolute atomic E-state index is 0.0128. The van der Waals surface area contributed by atoms with Gasteiger partial charge in [-0.1, -0.05) is 18.7 Å². The Morgan fingerprint density at radius 3 is 2.60 bits per heavy atom. The molecule has 1 fully saturated rings. The number of aryl methyl sites for hydroxylation is 1. The number of benzene rings is 1. The van der Waals surface area contributed by atoms with Gasteiger partial charge in [-0.3, -0.25) is 9.78 Å². The normalized spacial score (nSPS) is 15.4. The van der Waals surface area contributed by atoms with Crippen LogP contribution in [0.3, 0.4) is 0 Å². The topological polar surface area (TPSA) is 142 Å². The number of fused-ring (bicyclic) bond motifs is 1. The van der Waals surface area contributed by atoms with Crippen LogP contribution in [0.1, 0.15) is 12.1 Å². The van der Waals surface area contributed by atoms with Crippen LogP contribution in [0.25, 0.3) is 28.0 Å². The standard InChI is InChI=1S/C29H25F2N7O4S/c1-4-24(39)37-14-13-36(16-18(37)9-11-32)27-20-15-22(31)25(19-7-5-6-8-21(19)30)34-28(20)38(29(40)35-27)26-17(2)33-12-10-23(26)43(3,41)42/h4-8,10,12,15,18H,1,9,13-14,16H2,2-3H3. The van der Waals surface area contributed by atoms with Crippen molar-refractivity contribution in [3.05, 3.63) is 83.1 Å². The molecule has 1 saturated heterocycles. The van der Waals surface area contributed by atoms with Crippen molar-refractivity contribution in [3.63, 3.8) is 0 Å². The quantitative estimate of drug-likeness (QED) is 0.303. The summed E-state index contributed by atoms with van der Waals surface area (Å²) in [7, 11) is -3.90. The average Bonchev–Trinajstić information content (AvgIpc) is 2.97. The lowest BCUT2D eigenvalue weighted by atomic mass is 10.1. The molecule has 0 saturated carbocycles. The predicted molar refractivity (Wildman–Crippen MR) is 154 cm³/mol. The molecular formula is C29H25F2N7O4S. The van der Waals surface area contributed by atoms with E-state index >= 15 is 4.39 Å². The molecule has 0 N–H and O–H groups in total. The molecule has 43 heavy (non-hydrogen) atoms. The first-order chi connectivity index (χ1) is 20.5. The number of amides is 1. The van der Waals surface area contributed by atoms with Crippen LogP contribution in [0, 0.1) is 29.9 Å². The van der Waals surface area contributed by atoms with E-state index in [0.717, 1.165) is 29.0 Å². The van der Waals surface area contributed by atoms with E-state index in [1.54, 1.807) is 4.90 Å². The number of halogens is 2. The fraction of sp³-hybridized carbons (Fsp3) is 0.241. The van der Waals surface area contributed by atoms with Crippen molar-refractivity contribution in [2.75, 3.05) is 30.8 Å². The van der Waals surface area contributed by atoms with Crippen LogP contribution in [0.4, 0.5) is 14.6 Å². The van der Waals surface area contributed by atoms with Crippen LogP contribution in [-0.2, 0) is 14.6 Å². The molecule has 0 bridgehead atoms. The van der Waals surface area contributed by atoms with Gasteiger partial charge in [0.2, 0.25) is 5.91 Å². The Bertz CT molecular complexity index is 2010. The van der Waals surface area contributed by atoms with E-state index in [9.17, 15) is 27.7 Å². The second-order valence-corrected chi connectivity index (χ2v) is 11.9. The van der Waals surface area contributed by atoms with Crippen molar-refractivity contribution in [3.8, 4) is 23.0 Å². The Morgan fingerprint density at radius 2 is 1.93 bits per heavy atom. The van der Waals surface area contributed by atoms with E-state index in [0.29, 0.717) is 0 Å². The molecule has 1 amide bonds. The average molecular weight is 606 g/mol. The Balaban J connectivity index is 1.83. The summed E-state index contributed by atoms with van der Waals surface area (Å²) in [6, 6.07) is 9.16.